The summed E-state index contributed by atoms with van der Waals surface area (Å²) in [5.41, 5.74) is 1.21. The van der Waals surface area contributed by atoms with E-state index in [4.69, 9.17) is 16.4 Å². The Bertz CT molecular complexity index is 1140. The minimum absolute atomic E-state index is 0.279. The first-order chi connectivity index (χ1) is 14.6. The summed E-state index contributed by atoms with van der Waals surface area (Å²) >= 11 is 6.24. The van der Waals surface area contributed by atoms with Crippen LogP contribution in [0.25, 0.3) is 0 Å². The van der Waals surface area contributed by atoms with Crippen LogP contribution in [-0.4, -0.2) is 17.9 Å². The van der Waals surface area contributed by atoms with Gasteiger partial charge in [0.25, 0.3) is 5.91 Å². The lowest BCUT2D eigenvalue weighted by atomic mass is 9.90. The van der Waals surface area contributed by atoms with Crippen molar-refractivity contribution < 1.29 is 18.8 Å². The van der Waals surface area contributed by atoms with Gasteiger partial charge in [0.05, 0.1) is 22.4 Å². The van der Waals surface area contributed by atoms with Gasteiger partial charge in [-0.25, -0.2) is 14.4 Å². The van der Waals surface area contributed by atoms with Gasteiger partial charge in [-0.3, -0.25) is 14.4 Å². The van der Waals surface area contributed by atoms with Crippen molar-refractivity contribution in [3.63, 3.8) is 0 Å². The molecule has 0 N–H and O–H groups in total. The quantitative estimate of drug-likeness (QED) is 0.582. The Balaban J connectivity index is 1.62. The van der Waals surface area contributed by atoms with E-state index in [0.717, 1.165) is 4.90 Å². The zero-order chi connectivity index (χ0) is 20.8. The molecule has 2 fully saturated rings. The van der Waals surface area contributed by atoms with Gasteiger partial charge >= 0.3 is 0 Å². The molecule has 3 aromatic rings. The van der Waals surface area contributed by atoms with E-state index in [1.807, 2.05) is 18.2 Å². The largest absolute Gasteiger partial charge is 0.273 e. The molecule has 3 atom stereocenters. The van der Waals surface area contributed by atoms with Crippen LogP contribution in [0.2, 0.25) is 5.02 Å². The number of hydrogen-bond acceptors (Lipinski definition) is 4. The number of hydrogen-bond donors (Lipinski definition) is 0. The molecule has 0 aliphatic carbocycles. The van der Waals surface area contributed by atoms with Crippen molar-refractivity contribution in [1.29, 1.82) is 0 Å². The molecule has 2 amide bonds. The van der Waals surface area contributed by atoms with E-state index in [1.54, 1.807) is 54.6 Å². The van der Waals surface area contributed by atoms with Crippen LogP contribution in [0.3, 0.4) is 0 Å². The average molecular weight is 423 g/mol. The van der Waals surface area contributed by atoms with Gasteiger partial charge in [0.15, 0.2) is 6.10 Å². The third-order valence-electron chi connectivity index (χ3n) is 5.44. The van der Waals surface area contributed by atoms with Gasteiger partial charge < -0.3 is 0 Å². The molecule has 150 valence electrons. The van der Waals surface area contributed by atoms with E-state index in [-0.39, 0.29) is 10.6 Å². The van der Waals surface area contributed by atoms with Crippen LogP contribution in [0.4, 0.5) is 15.8 Å². The van der Waals surface area contributed by atoms with Gasteiger partial charge in [0, 0.05) is 5.56 Å². The van der Waals surface area contributed by atoms with Crippen LogP contribution >= 0.6 is 11.6 Å². The Labute approximate surface area is 177 Å². The molecule has 2 aliphatic rings. The van der Waals surface area contributed by atoms with Gasteiger partial charge in [-0.05, 0) is 30.3 Å². The zero-order valence-electron chi connectivity index (χ0n) is 15.6. The maximum atomic E-state index is 14.8. The van der Waals surface area contributed by atoms with Crippen LogP contribution in [0.15, 0.2) is 78.9 Å². The van der Waals surface area contributed by atoms with Gasteiger partial charge in [0.1, 0.15) is 11.7 Å². The van der Waals surface area contributed by atoms with E-state index in [0.29, 0.717) is 11.4 Å². The fourth-order valence-corrected chi connectivity index (χ4v) is 4.33. The first kappa shape index (κ1) is 18.8. The summed E-state index contributed by atoms with van der Waals surface area (Å²) in [6.45, 7) is 0. The number of fused-ring (bicyclic) bond motifs is 1. The molecule has 2 aliphatic heterocycles. The minimum atomic E-state index is -1.07. The molecule has 30 heavy (non-hydrogen) atoms. The van der Waals surface area contributed by atoms with Crippen molar-refractivity contribution >= 4 is 34.8 Å². The monoisotopic (exact) mass is 422 g/mol. The summed E-state index contributed by atoms with van der Waals surface area (Å²) in [5.74, 6) is -2.36. The standard InChI is InChI=1S/C23H16ClFN2O3/c24-16-11-5-7-13-18(16)26-22(28)19-20(15-10-4-6-12-17(15)25)27(30-21(19)23(26)29)14-8-2-1-3-9-14/h1-13,19-21H/t19-,20+,21+/m0/s1. The Morgan fingerprint density at radius 3 is 2.23 bits per heavy atom. The molecular weight excluding hydrogens is 407 g/mol. The van der Waals surface area contributed by atoms with E-state index < -0.39 is 35.7 Å². The predicted octanol–water partition coefficient (Wildman–Crippen LogP) is 4.53. The fourth-order valence-electron chi connectivity index (χ4n) is 4.11. The normalized spacial score (nSPS) is 23.2. The topological polar surface area (TPSA) is 49.9 Å². The number of nitrogens with zero attached hydrogens (tertiary/aromatic N) is 2. The summed E-state index contributed by atoms with van der Waals surface area (Å²) in [6.07, 6.45) is -1.07. The van der Waals surface area contributed by atoms with Crippen LogP contribution in [-0.2, 0) is 14.4 Å². The lowest BCUT2D eigenvalue weighted by Gasteiger charge is -2.29. The molecule has 0 saturated carbocycles. The lowest BCUT2D eigenvalue weighted by molar-refractivity contribution is -0.126. The number of rotatable bonds is 3. The number of carbonyl (C=O) groups is 2. The molecule has 0 unspecified atom stereocenters. The predicted molar refractivity (Wildman–Crippen MR) is 110 cm³/mol. The Hall–Kier alpha value is -3.22. The molecule has 0 bridgehead atoms. The molecule has 2 heterocycles. The second kappa shape index (κ2) is 7.23. The van der Waals surface area contributed by atoms with Crippen molar-refractivity contribution in [3.05, 3.63) is 95.3 Å². The number of benzene rings is 3. The first-order valence-corrected chi connectivity index (χ1v) is 9.83. The van der Waals surface area contributed by atoms with Crippen molar-refractivity contribution in [3.8, 4) is 0 Å². The van der Waals surface area contributed by atoms with Crippen molar-refractivity contribution in [2.24, 2.45) is 5.92 Å². The van der Waals surface area contributed by atoms with E-state index >= 15 is 0 Å². The molecule has 5 rings (SSSR count). The molecule has 0 aromatic heterocycles. The fraction of sp³-hybridized carbons (Fsp3) is 0.130. The highest BCUT2D eigenvalue weighted by Crippen LogP contribution is 2.48. The first-order valence-electron chi connectivity index (χ1n) is 9.46. The third kappa shape index (κ3) is 2.80. The number of hydroxylamine groups is 1. The highest BCUT2D eigenvalue weighted by Gasteiger charge is 2.60. The Kier molecular flexibility index (Phi) is 4.53. The number of halogens is 2. The van der Waals surface area contributed by atoms with Crippen molar-refractivity contribution in [2.75, 3.05) is 9.96 Å². The summed E-state index contributed by atoms with van der Waals surface area (Å²) in [7, 11) is 0. The maximum absolute atomic E-state index is 14.8. The van der Waals surface area contributed by atoms with Gasteiger partial charge in [-0.1, -0.05) is 60.1 Å². The molecule has 0 radical (unpaired) electrons. The summed E-state index contributed by atoms with van der Waals surface area (Å²) < 4.78 is 14.8. The number of imide groups is 1. The maximum Gasteiger partial charge on any atom is 0.266 e. The number of para-hydroxylation sites is 2. The van der Waals surface area contributed by atoms with Crippen LogP contribution in [0, 0.1) is 11.7 Å². The number of carbonyl (C=O) groups excluding carboxylic acids is 2. The summed E-state index contributed by atoms with van der Waals surface area (Å²) in [5, 5.41) is 1.74. The molecular formula is C23H16ClFN2O3. The zero-order valence-corrected chi connectivity index (χ0v) is 16.4. The number of anilines is 2. The summed E-state index contributed by atoms with van der Waals surface area (Å²) in [4.78, 5) is 33.7. The smallest absolute Gasteiger partial charge is 0.266 e. The second-order valence-electron chi connectivity index (χ2n) is 7.14. The molecule has 3 aromatic carbocycles. The number of amides is 2. The second-order valence-corrected chi connectivity index (χ2v) is 7.55. The third-order valence-corrected chi connectivity index (χ3v) is 5.76. The Morgan fingerprint density at radius 1 is 0.833 bits per heavy atom. The van der Waals surface area contributed by atoms with Gasteiger partial charge in [0.2, 0.25) is 5.91 Å². The molecule has 2 saturated heterocycles. The van der Waals surface area contributed by atoms with E-state index in [9.17, 15) is 14.0 Å². The molecule has 7 heteroatoms. The van der Waals surface area contributed by atoms with Crippen LogP contribution in [0.1, 0.15) is 11.6 Å². The van der Waals surface area contributed by atoms with Crippen molar-refractivity contribution in [1.82, 2.24) is 0 Å². The highest BCUT2D eigenvalue weighted by atomic mass is 35.5. The SMILES string of the molecule is O=C1[C@H]2[C@@H](c3ccccc3F)N(c3ccccc3)O[C@H]2C(=O)N1c1ccccc1Cl. The summed E-state index contributed by atoms with van der Waals surface area (Å²) in [6, 6.07) is 21.1. The van der Waals surface area contributed by atoms with Gasteiger partial charge in [-0.2, -0.15) is 0 Å². The minimum Gasteiger partial charge on any atom is -0.273 e. The Morgan fingerprint density at radius 2 is 1.50 bits per heavy atom. The highest BCUT2D eigenvalue weighted by molar-refractivity contribution is 6.36. The van der Waals surface area contributed by atoms with Gasteiger partial charge in [-0.15, -0.1) is 0 Å². The van der Waals surface area contributed by atoms with E-state index in [2.05, 4.69) is 0 Å². The molecule has 0 spiro atoms. The average Bonchev–Trinajstić information content (AvgIpc) is 3.26. The van der Waals surface area contributed by atoms with Crippen LogP contribution < -0.4 is 9.96 Å². The van der Waals surface area contributed by atoms with E-state index in [1.165, 1.54) is 11.1 Å². The lowest BCUT2D eigenvalue weighted by Crippen LogP contribution is -2.37. The molecule has 5 nitrogen and oxygen atoms in total. The van der Waals surface area contributed by atoms with Crippen LogP contribution in [0.5, 0.6) is 0 Å². The van der Waals surface area contributed by atoms with Crippen molar-refractivity contribution in [2.45, 2.75) is 12.1 Å².